The second-order valence-electron chi connectivity index (χ2n) is 4.80. The molecule has 0 heterocycles. The first kappa shape index (κ1) is 14.2. The van der Waals surface area contributed by atoms with Crippen LogP contribution in [-0.4, -0.2) is 18.7 Å². The molecule has 0 saturated heterocycles. The van der Waals surface area contributed by atoms with Crippen LogP contribution in [0.25, 0.3) is 0 Å². The Morgan fingerprint density at radius 3 is 3.00 bits per heavy atom. The third-order valence-corrected chi connectivity index (χ3v) is 3.43. The van der Waals surface area contributed by atoms with E-state index in [1.807, 2.05) is 25.1 Å². The Labute approximate surface area is 118 Å². The average molecular weight is 273 g/mol. The Morgan fingerprint density at radius 2 is 2.25 bits per heavy atom. The highest BCUT2D eigenvalue weighted by molar-refractivity contribution is 5.91. The van der Waals surface area contributed by atoms with Crippen molar-refractivity contribution in [1.82, 2.24) is 5.32 Å². The van der Waals surface area contributed by atoms with Crippen molar-refractivity contribution >= 4 is 11.7 Å². The minimum atomic E-state index is -0.288. The molecule has 2 rings (SSSR count). The maximum absolute atomic E-state index is 12.0. The summed E-state index contributed by atoms with van der Waals surface area (Å²) in [6.45, 7) is 2.44. The molecule has 1 aromatic carbocycles. The molecule has 1 aliphatic carbocycles. The summed E-state index contributed by atoms with van der Waals surface area (Å²) < 4.78 is 5.46. The number of hydrogen-bond donors (Lipinski definition) is 2. The number of amides is 2. The van der Waals surface area contributed by atoms with Crippen molar-refractivity contribution < 1.29 is 9.53 Å². The molecule has 2 amide bonds. The van der Waals surface area contributed by atoms with E-state index in [9.17, 15) is 4.79 Å². The van der Waals surface area contributed by atoms with E-state index in [1.165, 1.54) is 0 Å². The lowest BCUT2D eigenvalue weighted by Crippen LogP contribution is -2.39. The van der Waals surface area contributed by atoms with Gasteiger partial charge in [0, 0.05) is 6.04 Å². The normalized spacial score (nSPS) is 21.0. The SMILES string of the molecule is CCOc1ccccc1NC(=O)N[C@@H]1CCC[C@H]1C#N. The van der Waals surface area contributed by atoms with Crippen LogP contribution in [0.15, 0.2) is 24.3 Å². The number of anilines is 1. The maximum atomic E-state index is 12.0. The van der Waals surface area contributed by atoms with E-state index in [-0.39, 0.29) is 18.0 Å². The van der Waals surface area contributed by atoms with E-state index in [1.54, 1.807) is 6.07 Å². The number of carbonyl (C=O) groups excluding carboxylic acids is 1. The zero-order valence-corrected chi connectivity index (χ0v) is 11.6. The van der Waals surface area contributed by atoms with Gasteiger partial charge in [-0.05, 0) is 38.3 Å². The molecular formula is C15H19N3O2. The van der Waals surface area contributed by atoms with E-state index in [2.05, 4.69) is 16.7 Å². The molecule has 0 unspecified atom stereocenters. The van der Waals surface area contributed by atoms with E-state index in [0.717, 1.165) is 19.3 Å². The molecule has 1 aliphatic rings. The molecule has 20 heavy (non-hydrogen) atoms. The predicted octanol–water partition coefficient (Wildman–Crippen LogP) is 2.90. The lowest BCUT2D eigenvalue weighted by atomic mass is 10.1. The molecule has 0 bridgehead atoms. The first-order valence-corrected chi connectivity index (χ1v) is 6.93. The molecule has 0 spiro atoms. The van der Waals surface area contributed by atoms with Crippen molar-refractivity contribution in [2.45, 2.75) is 32.2 Å². The van der Waals surface area contributed by atoms with Crippen molar-refractivity contribution in [2.24, 2.45) is 5.92 Å². The van der Waals surface area contributed by atoms with Gasteiger partial charge in [0.25, 0.3) is 0 Å². The highest BCUT2D eigenvalue weighted by Gasteiger charge is 2.28. The molecule has 2 N–H and O–H groups in total. The summed E-state index contributed by atoms with van der Waals surface area (Å²) in [6, 6.07) is 9.21. The Balaban J connectivity index is 1.96. The smallest absolute Gasteiger partial charge is 0.319 e. The first-order valence-electron chi connectivity index (χ1n) is 6.93. The molecule has 5 heteroatoms. The summed E-state index contributed by atoms with van der Waals surface area (Å²) >= 11 is 0. The van der Waals surface area contributed by atoms with Crippen LogP contribution in [-0.2, 0) is 0 Å². The lowest BCUT2D eigenvalue weighted by Gasteiger charge is -2.17. The van der Waals surface area contributed by atoms with Crippen molar-refractivity contribution in [3.05, 3.63) is 24.3 Å². The third kappa shape index (κ3) is 3.41. The van der Waals surface area contributed by atoms with Gasteiger partial charge in [0.15, 0.2) is 0 Å². The second kappa shape index (κ2) is 6.80. The van der Waals surface area contributed by atoms with Crippen LogP contribution >= 0.6 is 0 Å². The zero-order chi connectivity index (χ0) is 14.4. The molecule has 0 aliphatic heterocycles. The van der Waals surface area contributed by atoms with E-state index in [4.69, 9.17) is 10.00 Å². The predicted molar refractivity (Wildman–Crippen MR) is 76.5 cm³/mol. The number of nitrogens with zero attached hydrogens (tertiary/aromatic N) is 1. The summed E-state index contributed by atoms with van der Waals surface area (Å²) in [7, 11) is 0. The standard InChI is InChI=1S/C15H19N3O2/c1-2-20-14-9-4-3-7-13(14)18-15(19)17-12-8-5-6-11(12)10-16/h3-4,7,9,11-12H,2,5-6,8H2,1H3,(H2,17,18,19)/t11-,12+/m0/s1. The van der Waals surface area contributed by atoms with Crippen LogP contribution in [0.1, 0.15) is 26.2 Å². The number of benzene rings is 1. The van der Waals surface area contributed by atoms with Crippen molar-refractivity contribution in [1.29, 1.82) is 5.26 Å². The van der Waals surface area contributed by atoms with Gasteiger partial charge in [-0.15, -0.1) is 0 Å². The van der Waals surface area contributed by atoms with Crippen LogP contribution < -0.4 is 15.4 Å². The quantitative estimate of drug-likeness (QED) is 0.885. The van der Waals surface area contributed by atoms with Crippen molar-refractivity contribution in [3.63, 3.8) is 0 Å². The monoisotopic (exact) mass is 273 g/mol. The van der Waals surface area contributed by atoms with Crippen LogP contribution in [0.2, 0.25) is 0 Å². The van der Waals surface area contributed by atoms with Gasteiger partial charge in [-0.25, -0.2) is 4.79 Å². The summed E-state index contributed by atoms with van der Waals surface area (Å²) in [6.07, 6.45) is 2.70. The van der Waals surface area contributed by atoms with E-state index in [0.29, 0.717) is 18.0 Å². The molecule has 1 aromatic rings. The highest BCUT2D eigenvalue weighted by atomic mass is 16.5. The van der Waals surface area contributed by atoms with Crippen molar-refractivity contribution in [2.75, 3.05) is 11.9 Å². The minimum absolute atomic E-state index is 0.0562. The number of rotatable bonds is 4. The van der Waals surface area contributed by atoms with Gasteiger partial charge in [-0.3, -0.25) is 0 Å². The highest BCUT2D eigenvalue weighted by Crippen LogP contribution is 2.26. The summed E-state index contributed by atoms with van der Waals surface area (Å²) in [5.41, 5.74) is 0.637. The van der Waals surface area contributed by atoms with Crippen LogP contribution in [0.4, 0.5) is 10.5 Å². The molecule has 0 radical (unpaired) electrons. The van der Waals surface area contributed by atoms with Crippen LogP contribution in [0.5, 0.6) is 5.75 Å². The van der Waals surface area contributed by atoms with Gasteiger partial charge in [-0.2, -0.15) is 5.26 Å². The van der Waals surface area contributed by atoms with Gasteiger partial charge in [0.2, 0.25) is 0 Å². The number of nitrogens with one attached hydrogen (secondary N) is 2. The Hall–Kier alpha value is -2.22. The topological polar surface area (TPSA) is 74.2 Å². The zero-order valence-electron chi connectivity index (χ0n) is 11.6. The molecule has 1 fully saturated rings. The molecule has 0 aromatic heterocycles. The summed E-state index contributed by atoms with van der Waals surface area (Å²) in [5.74, 6) is 0.566. The fourth-order valence-electron chi connectivity index (χ4n) is 2.47. The molecular weight excluding hydrogens is 254 g/mol. The number of para-hydroxylation sites is 2. The molecule has 5 nitrogen and oxygen atoms in total. The Bertz CT molecular complexity index is 510. The fraction of sp³-hybridized carbons (Fsp3) is 0.467. The fourth-order valence-corrected chi connectivity index (χ4v) is 2.47. The largest absolute Gasteiger partial charge is 0.492 e. The second-order valence-corrected chi connectivity index (χ2v) is 4.80. The molecule has 2 atom stereocenters. The number of carbonyl (C=O) groups is 1. The van der Waals surface area contributed by atoms with Gasteiger partial charge < -0.3 is 15.4 Å². The van der Waals surface area contributed by atoms with Crippen LogP contribution in [0.3, 0.4) is 0 Å². The Morgan fingerprint density at radius 1 is 1.45 bits per heavy atom. The number of nitriles is 1. The van der Waals surface area contributed by atoms with Crippen LogP contribution in [0, 0.1) is 17.2 Å². The maximum Gasteiger partial charge on any atom is 0.319 e. The summed E-state index contributed by atoms with van der Waals surface area (Å²) in [5, 5.41) is 14.7. The molecule has 106 valence electrons. The van der Waals surface area contributed by atoms with E-state index < -0.39 is 0 Å². The first-order chi connectivity index (χ1) is 9.74. The minimum Gasteiger partial charge on any atom is -0.492 e. The number of ether oxygens (including phenoxy) is 1. The van der Waals surface area contributed by atoms with Crippen molar-refractivity contribution in [3.8, 4) is 11.8 Å². The van der Waals surface area contributed by atoms with Gasteiger partial charge in [-0.1, -0.05) is 12.1 Å². The lowest BCUT2D eigenvalue weighted by molar-refractivity contribution is 0.247. The summed E-state index contributed by atoms with van der Waals surface area (Å²) in [4.78, 5) is 12.0. The third-order valence-electron chi connectivity index (χ3n) is 3.43. The average Bonchev–Trinajstić information content (AvgIpc) is 2.88. The van der Waals surface area contributed by atoms with Gasteiger partial charge in [0.1, 0.15) is 5.75 Å². The van der Waals surface area contributed by atoms with E-state index >= 15 is 0 Å². The Kier molecular flexibility index (Phi) is 4.83. The van der Waals surface area contributed by atoms with Gasteiger partial charge in [0.05, 0.1) is 24.3 Å². The van der Waals surface area contributed by atoms with Gasteiger partial charge >= 0.3 is 6.03 Å². The number of urea groups is 1. The molecule has 1 saturated carbocycles. The number of hydrogen-bond acceptors (Lipinski definition) is 3.